The van der Waals surface area contributed by atoms with Gasteiger partial charge in [0, 0.05) is 0 Å². The summed E-state index contributed by atoms with van der Waals surface area (Å²) in [7, 11) is -3.74. The number of nitro groups is 1. The summed E-state index contributed by atoms with van der Waals surface area (Å²) < 4.78 is 84.3. The quantitative estimate of drug-likeness (QED) is 0.360. The summed E-state index contributed by atoms with van der Waals surface area (Å²) in [5.41, 5.74) is -2.11. The van der Waals surface area contributed by atoms with E-state index in [1.54, 1.807) is 0 Å². The fourth-order valence-corrected chi connectivity index (χ4v) is 3.25. The smallest absolute Gasteiger partial charge is 0.346 e. The van der Waals surface area contributed by atoms with Crippen LogP contribution in [-0.2, 0) is 9.84 Å². The molecule has 24 heavy (non-hydrogen) atoms. The first-order valence-electron chi connectivity index (χ1n) is 6.02. The number of ether oxygens (including phenoxy) is 1. The monoisotopic (exact) mass is 365 g/mol. The van der Waals surface area contributed by atoms with Crippen LogP contribution in [0.5, 0.6) is 5.75 Å². The van der Waals surface area contributed by atoms with E-state index in [2.05, 4.69) is 0 Å². The van der Waals surface area contributed by atoms with Gasteiger partial charge in [0.25, 0.3) is 0 Å². The summed E-state index contributed by atoms with van der Waals surface area (Å²) in [6, 6.07) is 4.07. The molecule has 0 amide bonds. The zero-order valence-corrected chi connectivity index (χ0v) is 12.5. The summed E-state index contributed by atoms with van der Waals surface area (Å²) in [4.78, 5) is 6.15. The maximum absolute atomic E-state index is 13.9. The third-order valence-corrected chi connectivity index (χ3v) is 4.81. The topological polar surface area (TPSA) is 86.5 Å². The molecule has 0 spiro atoms. The summed E-state index contributed by atoms with van der Waals surface area (Å²) in [5, 5.41) is 10.5. The summed E-state index contributed by atoms with van der Waals surface area (Å²) in [6.45, 7) is 0. The number of halogens is 4. The van der Waals surface area contributed by atoms with Crippen molar-refractivity contribution in [2.75, 3.05) is 7.11 Å². The van der Waals surface area contributed by atoms with Gasteiger partial charge in [-0.05, 0) is 24.3 Å². The lowest BCUT2D eigenvalue weighted by Crippen LogP contribution is -2.13. The van der Waals surface area contributed by atoms with Gasteiger partial charge in [0.2, 0.25) is 21.5 Å². The van der Waals surface area contributed by atoms with Gasteiger partial charge in [0.05, 0.1) is 16.9 Å². The highest BCUT2D eigenvalue weighted by atomic mass is 32.2. The minimum absolute atomic E-state index is 0.218. The number of hydrogen-bond acceptors (Lipinski definition) is 5. The average Bonchev–Trinajstić information content (AvgIpc) is 2.53. The maximum atomic E-state index is 13.9. The Labute approximate surface area is 132 Å². The first-order valence-corrected chi connectivity index (χ1v) is 7.50. The zero-order valence-electron chi connectivity index (χ0n) is 11.7. The Morgan fingerprint density at radius 1 is 0.958 bits per heavy atom. The van der Waals surface area contributed by atoms with E-state index in [4.69, 9.17) is 4.74 Å². The van der Waals surface area contributed by atoms with Crippen LogP contribution in [0, 0.1) is 33.4 Å². The van der Waals surface area contributed by atoms with Crippen LogP contribution in [0.3, 0.4) is 0 Å². The minimum atomic E-state index is -5.02. The third kappa shape index (κ3) is 2.66. The normalized spacial score (nSPS) is 11.4. The SMILES string of the molecule is COc1ccc(S(=O)(=O)c2c(F)c(F)c([N+](=O)[O-])c(F)c2F)cc1. The Morgan fingerprint density at radius 3 is 1.79 bits per heavy atom. The van der Waals surface area contributed by atoms with Gasteiger partial charge in [0.15, 0.2) is 11.6 Å². The molecule has 0 fully saturated rings. The van der Waals surface area contributed by atoms with Crippen LogP contribution in [0.2, 0.25) is 0 Å². The molecule has 2 aromatic carbocycles. The lowest BCUT2D eigenvalue weighted by Gasteiger charge is -2.09. The number of nitro benzene ring substituents is 1. The predicted octanol–water partition coefficient (Wildman–Crippen LogP) is 2.99. The molecule has 0 saturated heterocycles. The van der Waals surface area contributed by atoms with E-state index in [9.17, 15) is 36.1 Å². The number of sulfone groups is 1. The molecule has 128 valence electrons. The number of rotatable bonds is 4. The van der Waals surface area contributed by atoms with Crippen LogP contribution < -0.4 is 4.74 Å². The van der Waals surface area contributed by atoms with Crippen LogP contribution in [-0.4, -0.2) is 20.5 Å². The lowest BCUT2D eigenvalue weighted by atomic mass is 10.2. The minimum Gasteiger partial charge on any atom is -0.497 e. The van der Waals surface area contributed by atoms with Crippen molar-refractivity contribution in [2.24, 2.45) is 0 Å². The Kier molecular flexibility index (Phi) is 4.47. The second-order valence-electron chi connectivity index (χ2n) is 4.37. The fraction of sp³-hybridized carbons (Fsp3) is 0.0769. The molecule has 0 radical (unpaired) electrons. The summed E-state index contributed by atoms with van der Waals surface area (Å²) in [5.74, 6) is -9.36. The molecule has 0 saturated carbocycles. The molecule has 0 unspecified atom stereocenters. The summed E-state index contributed by atoms with van der Waals surface area (Å²) >= 11 is 0. The molecular formula is C13H7F4NO5S. The third-order valence-electron chi connectivity index (χ3n) is 3.02. The maximum Gasteiger partial charge on any atom is 0.346 e. The molecule has 2 aromatic rings. The van der Waals surface area contributed by atoms with Crippen LogP contribution in [0.25, 0.3) is 0 Å². The highest BCUT2D eigenvalue weighted by Gasteiger charge is 2.38. The fourth-order valence-electron chi connectivity index (χ4n) is 1.87. The molecule has 0 aliphatic rings. The van der Waals surface area contributed by atoms with E-state index in [1.165, 1.54) is 7.11 Å². The molecular weight excluding hydrogens is 358 g/mol. The van der Waals surface area contributed by atoms with Crippen molar-refractivity contribution in [3.63, 3.8) is 0 Å². The van der Waals surface area contributed by atoms with Crippen molar-refractivity contribution in [2.45, 2.75) is 9.79 Å². The highest BCUT2D eigenvalue weighted by molar-refractivity contribution is 7.91. The molecule has 0 bridgehead atoms. The highest BCUT2D eigenvalue weighted by Crippen LogP contribution is 2.35. The number of nitrogens with zero attached hydrogens (tertiary/aromatic N) is 1. The second kappa shape index (κ2) is 6.07. The molecule has 0 N–H and O–H groups in total. The molecule has 6 nitrogen and oxygen atoms in total. The Morgan fingerprint density at radius 2 is 1.42 bits per heavy atom. The Bertz CT molecular complexity index is 899. The van der Waals surface area contributed by atoms with Crippen LogP contribution in [0.1, 0.15) is 0 Å². The van der Waals surface area contributed by atoms with Gasteiger partial charge in [0.1, 0.15) is 10.6 Å². The first kappa shape index (κ1) is 17.7. The van der Waals surface area contributed by atoms with E-state index in [0.717, 1.165) is 24.3 Å². The molecule has 11 heteroatoms. The number of hydrogen-bond donors (Lipinski definition) is 0. The van der Waals surface area contributed by atoms with E-state index >= 15 is 0 Å². The molecule has 0 heterocycles. The van der Waals surface area contributed by atoms with E-state index in [-0.39, 0.29) is 5.75 Å². The van der Waals surface area contributed by atoms with Crippen molar-refractivity contribution in [1.29, 1.82) is 0 Å². The van der Waals surface area contributed by atoms with E-state index in [1.807, 2.05) is 0 Å². The van der Waals surface area contributed by atoms with Crippen molar-refractivity contribution in [3.05, 3.63) is 57.6 Å². The standard InChI is InChI=1S/C13H7F4NO5S/c1-23-6-2-4-7(5-3-6)24(21,22)13-10(16)8(14)12(18(19)20)9(15)11(13)17/h2-5H,1H3. The van der Waals surface area contributed by atoms with Gasteiger partial charge in [-0.3, -0.25) is 10.1 Å². The van der Waals surface area contributed by atoms with Crippen LogP contribution >= 0.6 is 0 Å². The zero-order chi connectivity index (χ0) is 18.2. The van der Waals surface area contributed by atoms with Gasteiger partial charge in [-0.1, -0.05) is 0 Å². The average molecular weight is 365 g/mol. The molecule has 0 aliphatic heterocycles. The predicted molar refractivity (Wildman–Crippen MR) is 71.4 cm³/mol. The van der Waals surface area contributed by atoms with Crippen molar-refractivity contribution >= 4 is 15.5 Å². The second-order valence-corrected chi connectivity index (χ2v) is 6.26. The first-order chi connectivity index (χ1) is 11.1. The van der Waals surface area contributed by atoms with Gasteiger partial charge in [-0.15, -0.1) is 0 Å². The van der Waals surface area contributed by atoms with Gasteiger partial charge in [-0.2, -0.15) is 8.78 Å². The van der Waals surface area contributed by atoms with Crippen molar-refractivity contribution < 1.29 is 35.6 Å². The van der Waals surface area contributed by atoms with Crippen LogP contribution in [0.4, 0.5) is 23.2 Å². The summed E-state index contributed by atoms with van der Waals surface area (Å²) in [6.07, 6.45) is 0. The van der Waals surface area contributed by atoms with Gasteiger partial charge in [-0.25, -0.2) is 17.2 Å². The van der Waals surface area contributed by atoms with E-state index < -0.39 is 53.5 Å². The Hall–Kier alpha value is -2.69. The molecule has 2 rings (SSSR count). The van der Waals surface area contributed by atoms with Crippen molar-refractivity contribution in [1.82, 2.24) is 0 Å². The van der Waals surface area contributed by atoms with Gasteiger partial charge < -0.3 is 4.74 Å². The lowest BCUT2D eigenvalue weighted by molar-refractivity contribution is -0.390. The largest absolute Gasteiger partial charge is 0.497 e. The van der Waals surface area contributed by atoms with E-state index in [0.29, 0.717) is 0 Å². The number of benzene rings is 2. The molecule has 0 atom stereocenters. The number of methoxy groups -OCH3 is 1. The molecule has 0 aromatic heterocycles. The van der Waals surface area contributed by atoms with Crippen molar-refractivity contribution in [3.8, 4) is 5.75 Å². The van der Waals surface area contributed by atoms with Gasteiger partial charge >= 0.3 is 5.69 Å². The Balaban J connectivity index is 2.77. The van der Waals surface area contributed by atoms with Crippen LogP contribution in [0.15, 0.2) is 34.1 Å². The molecule has 0 aliphatic carbocycles.